The van der Waals surface area contributed by atoms with Crippen LogP contribution in [0.1, 0.15) is 29.2 Å². The molecule has 4 atom stereocenters. The molecule has 5 nitrogen and oxygen atoms in total. The van der Waals surface area contributed by atoms with E-state index in [9.17, 15) is 0 Å². The molecule has 0 spiro atoms. The van der Waals surface area contributed by atoms with Gasteiger partial charge in [0.15, 0.2) is 11.9 Å². The highest BCUT2D eigenvalue weighted by Crippen LogP contribution is 2.34. The summed E-state index contributed by atoms with van der Waals surface area (Å²) < 4.78 is 47.1. The summed E-state index contributed by atoms with van der Waals surface area (Å²) in [6.07, 6.45) is -2.73. The first kappa shape index (κ1) is 29.7. The Bertz CT molecular complexity index is 1360. The molecular formula is C36H37FO5. The topological polar surface area (TPSA) is 46.2 Å². The molecule has 1 aliphatic rings. The van der Waals surface area contributed by atoms with Gasteiger partial charge in [0.25, 0.3) is 0 Å². The van der Waals surface area contributed by atoms with Crippen molar-refractivity contribution in [2.24, 2.45) is 0 Å². The standard InChI is InChI=1S/C36H37FO5/c1-27(37)33-35(40-24-30-18-10-4-11-19-30)36(41-25-31-20-12-5-13-21-31)34(39-23-29-16-8-3-9-17-29)32(42-33)26-38-22-28-14-6-2-7-15-28/h2-21,32,34-36H,22-26H2,1H3/b33-27-/t32-,34-,35+,36+/m1/s1. The minimum Gasteiger partial charge on any atom is -0.484 e. The number of hydrogen-bond acceptors (Lipinski definition) is 5. The zero-order valence-electron chi connectivity index (χ0n) is 23.8. The van der Waals surface area contributed by atoms with Gasteiger partial charge < -0.3 is 23.7 Å². The molecule has 0 saturated carbocycles. The second-order valence-electron chi connectivity index (χ2n) is 10.3. The second kappa shape index (κ2) is 15.4. The number of allylic oxidation sites excluding steroid dienone is 1. The monoisotopic (exact) mass is 568 g/mol. The van der Waals surface area contributed by atoms with E-state index in [0.29, 0.717) is 19.8 Å². The van der Waals surface area contributed by atoms with Crippen molar-refractivity contribution < 1.29 is 28.1 Å². The fourth-order valence-electron chi connectivity index (χ4n) is 4.95. The van der Waals surface area contributed by atoms with Gasteiger partial charge in [0, 0.05) is 0 Å². The average molecular weight is 569 g/mol. The smallest absolute Gasteiger partial charge is 0.159 e. The number of hydrogen-bond donors (Lipinski definition) is 0. The lowest BCUT2D eigenvalue weighted by molar-refractivity contribution is -0.224. The van der Waals surface area contributed by atoms with Gasteiger partial charge in [-0.2, -0.15) is 0 Å². The Kier molecular flexibility index (Phi) is 10.9. The molecule has 1 fully saturated rings. The molecule has 6 heteroatoms. The van der Waals surface area contributed by atoms with Crippen LogP contribution in [0.4, 0.5) is 4.39 Å². The predicted octanol–water partition coefficient (Wildman–Crippen LogP) is 7.56. The molecule has 0 aliphatic carbocycles. The quantitative estimate of drug-likeness (QED) is 0.167. The third-order valence-electron chi connectivity index (χ3n) is 7.10. The SMILES string of the molecule is C/C(F)=C1/O[C@H](COCc2ccccc2)[C@@H](OCc2ccccc2)[C@H](OCc2ccccc2)[C@H]1OCc1ccccc1. The first-order valence-electron chi connectivity index (χ1n) is 14.3. The van der Waals surface area contributed by atoms with Gasteiger partial charge in [-0.15, -0.1) is 0 Å². The highest BCUT2D eigenvalue weighted by Gasteiger charge is 2.47. The van der Waals surface area contributed by atoms with Gasteiger partial charge in [0.2, 0.25) is 0 Å². The maximum Gasteiger partial charge on any atom is 0.159 e. The predicted molar refractivity (Wildman–Crippen MR) is 160 cm³/mol. The summed E-state index contributed by atoms with van der Waals surface area (Å²) in [7, 11) is 0. The van der Waals surface area contributed by atoms with Gasteiger partial charge in [-0.05, 0) is 29.2 Å². The highest BCUT2D eigenvalue weighted by molar-refractivity contribution is 5.19. The van der Waals surface area contributed by atoms with Crippen LogP contribution in [-0.2, 0) is 50.1 Å². The van der Waals surface area contributed by atoms with Crippen molar-refractivity contribution in [1.82, 2.24) is 0 Å². The Morgan fingerprint density at radius 2 is 0.976 bits per heavy atom. The summed E-state index contributed by atoms with van der Waals surface area (Å²) in [5, 5.41) is 0. The lowest BCUT2D eigenvalue weighted by Crippen LogP contribution is -2.56. The first-order chi connectivity index (χ1) is 20.7. The third-order valence-corrected chi connectivity index (χ3v) is 7.10. The lowest BCUT2D eigenvalue weighted by atomic mass is 9.96. The van der Waals surface area contributed by atoms with Crippen LogP contribution < -0.4 is 0 Å². The third kappa shape index (κ3) is 8.37. The van der Waals surface area contributed by atoms with Crippen LogP contribution in [0.3, 0.4) is 0 Å². The molecule has 0 bridgehead atoms. The van der Waals surface area contributed by atoms with E-state index in [1.807, 2.05) is 121 Å². The number of rotatable bonds is 13. The summed E-state index contributed by atoms with van der Waals surface area (Å²) >= 11 is 0. The van der Waals surface area contributed by atoms with Gasteiger partial charge in [-0.25, -0.2) is 4.39 Å². The molecule has 4 aromatic carbocycles. The molecule has 4 aromatic rings. The molecule has 0 unspecified atom stereocenters. The molecule has 0 amide bonds. The molecule has 218 valence electrons. The summed E-state index contributed by atoms with van der Waals surface area (Å²) in [6, 6.07) is 39.5. The van der Waals surface area contributed by atoms with E-state index in [1.165, 1.54) is 6.92 Å². The molecule has 5 rings (SSSR count). The van der Waals surface area contributed by atoms with E-state index in [0.717, 1.165) is 22.3 Å². The van der Waals surface area contributed by atoms with Crippen molar-refractivity contribution in [2.75, 3.05) is 6.61 Å². The van der Waals surface area contributed by atoms with Gasteiger partial charge in [-0.1, -0.05) is 121 Å². The van der Waals surface area contributed by atoms with Gasteiger partial charge in [0.1, 0.15) is 24.1 Å². The summed E-state index contributed by atoms with van der Waals surface area (Å²) in [4.78, 5) is 0. The molecule has 0 N–H and O–H groups in total. The molecule has 0 radical (unpaired) electrons. The summed E-state index contributed by atoms with van der Waals surface area (Å²) in [6.45, 7) is 2.85. The minimum absolute atomic E-state index is 0.108. The van der Waals surface area contributed by atoms with Crippen LogP contribution in [0, 0.1) is 0 Å². The number of benzene rings is 4. The summed E-state index contributed by atoms with van der Waals surface area (Å²) in [5.74, 6) is -0.354. The Balaban J connectivity index is 1.42. The van der Waals surface area contributed by atoms with E-state index >= 15 is 4.39 Å². The normalized spacial score (nSPS) is 21.5. The zero-order chi connectivity index (χ0) is 29.0. The summed E-state index contributed by atoms with van der Waals surface area (Å²) in [5.41, 5.74) is 4.00. The van der Waals surface area contributed by atoms with E-state index in [-0.39, 0.29) is 19.0 Å². The molecule has 1 saturated heterocycles. The Morgan fingerprint density at radius 1 is 0.571 bits per heavy atom. The number of halogens is 1. The van der Waals surface area contributed by atoms with Crippen molar-refractivity contribution in [1.29, 1.82) is 0 Å². The molecule has 0 aromatic heterocycles. The van der Waals surface area contributed by atoms with Crippen molar-refractivity contribution in [2.45, 2.75) is 57.8 Å². The Hall–Kier alpha value is -3.81. The van der Waals surface area contributed by atoms with Gasteiger partial charge in [-0.3, -0.25) is 0 Å². The highest BCUT2D eigenvalue weighted by atomic mass is 19.1. The van der Waals surface area contributed by atoms with Crippen LogP contribution in [0.25, 0.3) is 0 Å². The Morgan fingerprint density at radius 3 is 1.43 bits per heavy atom. The largest absolute Gasteiger partial charge is 0.484 e. The van der Waals surface area contributed by atoms with Crippen LogP contribution >= 0.6 is 0 Å². The van der Waals surface area contributed by atoms with Crippen molar-refractivity contribution in [3.8, 4) is 0 Å². The second-order valence-corrected chi connectivity index (χ2v) is 10.3. The van der Waals surface area contributed by atoms with Gasteiger partial charge >= 0.3 is 0 Å². The van der Waals surface area contributed by atoms with E-state index in [1.54, 1.807) is 0 Å². The lowest BCUT2D eigenvalue weighted by Gasteiger charge is -2.43. The number of ether oxygens (including phenoxy) is 5. The fraction of sp³-hybridized carbons (Fsp3) is 0.278. The van der Waals surface area contributed by atoms with Crippen molar-refractivity contribution >= 4 is 0 Å². The minimum atomic E-state index is -0.829. The average Bonchev–Trinajstić information content (AvgIpc) is 3.04. The maximum absolute atomic E-state index is 15.2. The molecule has 1 aliphatic heterocycles. The zero-order valence-corrected chi connectivity index (χ0v) is 23.8. The van der Waals surface area contributed by atoms with Crippen LogP contribution in [0.5, 0.6) is 0 Å². The van der Waals surface area contributed by atoms with Crippen LogP contribution in [0.15, 0.2) is 133 Å². The van der Waals surface area contributed by atoms with E-state index in [4.69, 9.17) is 23.7 Å². The fourth-order valence-corrected chi connectivity index (χ4v) is 4.95. The van der Waals surface area contributed by atoms with E-state index in [2.05, 4.69) is 0 Å². The molecule has 42 heavy (non-hydrogen) atoms. The molecular weight excluding hydrogens is 531 g/mol. The Labute approximate surface area is 247 Å². The van der Waals surface area contributed by atoms with Gasteiger partial charge in [0.05, 0.1) is 33.0 Å². The molecule has 1 heterocycles. The maximum atomic E-state index is 15.2. The van der Waals surface area contributed by atoms with Crippen LogP contribution in [0.2, 0.25) is 0 Å². The van der Waals surface area contributed by atoms with Crippen LogP contribution in [-0.4, -0.2) is 31.0 Å². The van der Waals surface area contributed by atoms with Crippen molar-refractivity contribution in [3.63, 3.8) is 0 Å². The first-order valence-corrected chi connectivity index (χ1v) is 14.3. The van der Waals surface area contributed by atoms with E-state index < -0.39 is 30.2 Å². The van der Waals surface area contributed by atoms with Crippen molar-refractivity contribution in [3.05, 3.63) is 155 Å².